The average molecular weight is 394 g/mol. The minimum Gasteiger partial charge on any atom is -0.497 e. The molecule has 0 amide bonds. The number of ether oxygens (including phenoxy) is 2. The molecule has 4 rings (SSSR count). The van der Waals surface area contributed by atoms with Crippen LogP contribution in [0.5, 0.6) is 11.5 Å². The fourth-order valence-corrected chi connectivity index (χ4v) is 3.63. The van der Waals surface area contributed by atoms with Crippen LogP contribution in [0.4, 0.5) is 5.69 Å². The van der Waals surface area contributed by atoms with Gasteiger partial charge in [0.1, 0.15) is 17.1 Å². The summed E-state index contributed by atoms with van der Waals surface area (Å²) >= 11 is 0. The van der Waals surface area contributed by atoms with Crippen LogP contribution in [0.3, 0.4) is 0 Å². The molecule has 1 aromatic heterocycles. The molecule has 2 heterocycles. The monoisotopic (exact) mass is 394 g/mol. The van der Waals surface area contributed by atoms with E-state index in [1.807, 2.05) is 24.3 Å². The Balaban J connectivity index is 1.20. The molecule has 3 aromatic rings. The van der Waals surface area contributed by atoms with Gasteiger partial charge >= 0.3 is 5.63 Å². The topological polar surface area (TPSA) is 55.2 Å². The molecule has 1 saturated heterocycles. The predicted octanol–water partition coefficient (Wildman–Crippen LogP) is 3.39. The Hall–Kier alpha value is -2.99. The fraction of sp³-hybridized carbons (Fsp3) is 0.348. The molecular weight excluding hydrogens is 368 g/mol. The summed E-state index contributed by atoms with van der Waals surface area (Å²) in [4.78, 5) is 16.2. The van der Waals surface area contributed by atoms with E-state index in [-0.39, 0.29) is 5.63 Å². The van der Waals surface area contributed by atoms with E-state index in [1.54, 1.807) is 19.2 Å². The van der Waals surface area contributed by atoms with Crippen LogP contribution in [-0.4, -0.2) is 51.3 Å². The molecule has 0 unspecified atom stereocenters. The van der Waals surface area contributed by atoms with Gasteiger partial charge in [-0.2, -0.15) is 0 Å². The first-order chi connectivity index (χ1) is 14.2. The van der Waals surface area contributed by atoms with Gasteiger partial charge < -0.3 is 18.8 Å². The first kappa shape index (κ1) is 19.3. The third-order valence-electron chi connectivity index (χ3n) is 5.29. The number of rotatable bonds is 7. The number of fused-ring (bicyclic) bond motifs is 1. The average Bonchev–Trinajstić information content (AvgIpc) is 2.77. The lowest BCUT2D eigenvalue weighted by Crippen LogP contribution is -2.46. The molecule has 0 N–H and O–H groups in total. The lowest BCUT2D eigenvalue weighted by molar-refractivity contribution is 0.225. The van der Waals surface area contributed by atoms with Crippen molar-refractivity contribution in [1.82, 2.24) is 4.90 Å². The first-order valence-corrected chi connectivity index (χ1v) is 9.99. The Bertz CT molecular complexity index is 992. The summed E-state index contributed by atoms with van der Waals surface area (Å²) in [5.41, 5.74) is 1.46. The number of hydrogen-bond donors (Lipinski definition) is 0. The molecule has 6 heteroatoms. The number of benzene rings is 2. The van der Waals surface area contributed by atoms with Gasteiger partial charge in [-0.25, -0.2) is 4.79 Å². The van der Waals surface area contributed by atoms with E-state index >= 15 is 0 Å². The second kappa shape index (κ2) is 9.01. The summed E-state index contributed by atoms with van der Waals surface area (Å²) in [5.74, 6) is 1.62. The minimum absolute atomic E-state index is 0.344. The molecule has 0 bridgehead atoms. The van der Waals surface area contributed by atoms with Crippen LogP contribution in [0.1, 0.15) is 6.42 Å². The molecule has 0 radical (unpaired) electrons. The Morgan fingerprint density at radius 3 is 2.41 bits per heavy atom. The predicted molar refractivity (Wildman–Crippen MR) is 114 cm³/mol. The van der Waals surface area contributed by atoms with Crippen molar-refractivity contribution in [3.63, 3.8) is 0 Å². The van der Waals surface area contributed by atoms with Crippen LogP contribution in [0.15, 0.2) is 63.8 Å². The van der Waals surface area contributed by atoms with Crippen molar-refractivity contribution in [2.45, 2.75) is 6.42 Å². The van der Waals surface area contributed by atoms with Gasteiger partial charge in [-0.1, -0.05) is 0 Å². The molecule has 152 valence electrons. The Morgan fingerprint density at radius 2 is 1.66 bits per heavy atom. The van der Waals surface area contributed by atoms with E-state index in [0.717, 1.165) is 56.0 Å². The van der Waals surface area contributed by atoms with Crippen LogP contribution in [-0.2, 0) is 0 Å². The minimum atomic E-state index is -0.344. The Labute approximate surface area is 170 Å². The maximum absolute atomic E-state index is 11.4. The van der Waals surface area contributed by atoms with Gasteiger partial charge in [-0.3, -0.25) is 4.90 Å². The molecule has 1 aliphatic rings. The Morgan fingerprint density at radius 1 is 0.931 bits per heavy atom. The number of methoxy groups -OCH3 is 1. The third kappa shape index (κ3) is 4.90. The molecule has 0 aliphatic carbocycles. The molecular formula is C23H26N2O4. The van der Waals surface area contributed by atoms with Crippen molar-refractivity contribution >= 4 is 16.7 Å². The summed E-state index contributed by atoms with van der Waals surface area (Å²) < 4.78 is 16.3. The van der Waals surface area contributed by atoms with Crippen molar-refractivity contribution in [3.8, 4) is 11.5 Å². The van der Waals surface area contributed by atoms with Crippen LogP contribution in [0.25, 0.3) is 11.0 Å². The van der Waals surface area contributed by atoms with Crippen LogP contribution in [0, 0.1) is 0 Å². The summed E-state index contributed by atoms with van der Waals surface area (Å²) in [7, 11) is 1.69. The van der Waals surface area contributed by atoms with Gasteiger partial charge in [0.25, 0.3) is 0 Å². The van der Waals surface area contributed by atoms with E-state index in [1.165, 1.54) is 11.8 Å². The van der Waals surface area contributed by atoms with Crippen molar-refractivity contribution < 1.29 is 13.9 Å². The quantitative estimate of drug-likeness (QED) is 0.452. The van der Waals surface area contributed by atoms with Gasteiger partial charge in [0.2, 0.25) is 0 Å². The van der Waals surface area contributed by atoms with E-state index < -0.39 is 0 Å². The molecule has 6 nitrogen and oxygen atoms in total. The molecule has 0 spiro atoms. The van der Waals surface area contributed by atoms with E-state index in [4.69, 9.17) is 13.9 Å². The smallest absolute Gasteiger partial charge is 0.336 e. The largest absolute Gasteiger partial charge is 0.497 e. The maximum atomic E-state index is 11.4. The lowest BCUT2D eigenvalue weighted by Gasteiger charge is -2.36. The Kier molecular flexibility index (Phi) is 6.00. The zero-order valence-electron chi connectivity index (χ0n) is 16.7. The maximum Gasteiger partial charge on any atom is 0.336 e. The summed E-state index contributed by atoms with van der Waals surface area (Å²) in [6.07, 6.45) is 0.958. The zero-order valence-corrected chi connectivity index (χ0v) is 16.7. The second-order valence-electron chi connectivity index (χ2n) is 7.18. The molecule has 1 aliphatic heterocycles. The number of hydrogen-bond acceptors (Lipinski definition) is 6. The van der Waals surface area contributed by atoms with Gasteiger partial charge in [0, 0.05) is 55.9 Å². The standard InChI is InChI=1S/C23H26N2O4/c1-27-20-8-5-19(6-9-20)25-14-12-24(13-15-25)11-2-16-28-21-7-3-18-4-10-23(26)29-22(18)17-21/h3-10,17H,2,11-16H2,1H3. The van der Waals surface area contributed by atoms with Crippen LogP contribution >= 0.6 is 0 Å². The van der Waals surface area contributed by atoms with Gasteiger partial charge in [0.15, 0.2) is 0 Å². The van der Waals surface area contributed by atoms with E-state index in [0.29, 0.717) is 12.2 Å². The van der Waals surface area contributed by atoms with Crippen LogP contribution < -0.4 is 20.0 Å². The highest BCUT2D eigenvalue weighted by molar-refractivity contribution is 5.77. The van der Waals surface area contributed by atoms with Crippen molar-refractivity contribution in [2.75, 3.05) is 51.3 Å². The molecule has 29 heavy (non-hydrogen) atoms. The highest BCUT2D eigenvalue weighted by Gasteiger charge is 2.16. The van der Waals surface area contributed by atoms with Gasteiger partial charge in [-0.15, -0.1) is 0 Å². The first-order valence-electron chi connectivity index (χ1n) is 9.99. The molecule has 0 atom stereocenters. The van der Waals surface area contributed by atoms with E-state index in [2.05, 4.69) is 21.9 Å². The highest BCUT2D eigenvalue weighted by Crippen LogP contribution is 2.21. The van der Waals surface area contributed by atoms with Crippen molar-refractivity contribution in [2.24, 2.45) is 0 Å². The van der Waals surface area contributed by atoms with Gasteiger partial charge in [-0.05, 0) is 48.9 Å². The second-order valence-corrected chi connectivity index (χ2v) is 7.18. The summed E-state index contributed by atoms with van der Waals surface area (Å²) in [6.45, 7) is 5.80. The summed E-state index contributed by atoms with van der Waals surface area (Å²) in [5, 5.41) is 0.895. The van der Waals surface area contributed by atoms with Crippen molar-refractivity contribution in [1.29, 1.82) is 0 Å². The molecule has 2 aromatic carbocycles. The fourth-order valence-electron chi connectivity index (χ4n) is 3.63. The molecule has 1 fully saturated rings. The SMILES string of the molecule is COc1ccc(N2CCN(CCCOc3ccc4ccc(=O)oc4c3)CC2)cc1. The summed E-state index contributed by atoms with van der Waals surface area (Å²) in [6, 6.07) is 17.1. The number of anilines is 1. The zero-order chi connectivity index (χ0) is 20.1. The normalized spacial score (nSPS) is 14.9. The van der Waals surface area contributed by atoms with Gasteiger partial charge in [0.05, 0.1) is 13.7 Å². The lowest BCUT2D eigenvalue weighted by atomic mass is 10.2. The number of piperazine rings is 1. The third-order valence-corrected chi connectivity index (χ3v) is 5.29. The van der Waals surface area contributed by atoms with Crippen LogP contribution in [0.2, 0.25) is 0 Å². The van der Waals surface area contributed by atoms with Crippen molar-refractivity contribution in [3.05, 3.63) is 65.0 Å². The highest BCUT2D eigenvalue weighted by atomic mass is 16.5. The number of nitrogens with zero attached hydrogens (tertiary/aromatic N) is 2. The molecule has 0 saturated carbocycles. The van der Waals surface area contributed by atoms with E-state index in [9.17, 15) is 4.79 Å².